The zero-order valence-electron chi connectivity index (χ0n) is 51.0. The number of aromatic nitrogens is 4. The molecule has 0 amide bonds. The summed E-state index contributed by atoms with van der Waals surface area (Å²) in [6, 6.07) is 118. The summed E-state index contributed by atoms with van der Waals surface area (Å²) in [5, 5.41) is 7.35. The predicted molar refractivity (Wildman–Crippen MR) is 386 cm³/mol. The van der Waals surface area contributed by atoms with E-state index >= 15 is 0 Å². The van der Waals surface area contributed by atoms with E-state index in [1.807, 2.05) is 48.5 Å². The average Bonchev–Trinajstić information content (AvgIpc) is 0.758. The van der Waals surface area contributed by atoms with Crippen molar-refractivity contribution in [3.05, 3.63) is 351 Å². The maximum absolute atomic E-state index is 5.57. The van der Waals surface area contributed by atoms with Crippen molar-refractivity contribution < 1.29 is 0 Å². The van der Waals surface area contributed by atoms with Crippen LogP contribution in [0.2, 0.25) is 0 Å². The highest BCUT2D eigenvalue weighted by atomic mass is 15.3. The Morgan fingerprint density at radius 2 is 0.394 bits per heavy atom. The van der Waals surface area contributed by atoms with Crippen LogP contribution in [0.3, 0.4) is 0 Å². The second-order valence-corrected chi connectivity index (χ2v) is 22.8. The number of nitrogens with one attached hydrogen (secondary N) is 2. The van der Waals surface area contributed by atoms with Crippen LogP contribution < -0.4 is 30.2 Å². The largest absolute Gasteiger partial charge is 0.342 e. The molecular formula is C82H60N12. The van der Waals surface area contributed by atoms with Gasteiger partial charge in [-0.25, -0.2) is 19.9 Å². The molecule has 2 aliphatic rings. The van der Waals surface area contributed by atoms with E-state index < -0.39 is 12.3 Å². The second kappa shape index (κ2) is 25.2. The Morgan fingerprint density at radius 3 is 0.606 bits per heavy atom. The summed E-state index contributed by atoms with van der Waals surface area (Å²) in [4.78, 5) is 41.5. The maximum atomic E-state index is 5.57. The molecule has 448 valence electrons. The SMILES string of the molecule is c1ccc(N(c2ccccc2)c2ccc(C3=NC4Nc5nc6nc(-c7ccc(N(c8ccccc8)c8ccccc8)cc7)c(-c7ccc(N(c8ccccc8)c8ccccc8)cc7)nc6nc5NC4N=C3c3ccc(N(c4ccccc4)c4ccccc4)cc3)cc2)cc1. The van der Waals surface area contributed by atoms with Crippen molar-refractivity contribution in [2.24, 2.45) is 9.98 Å². The molecule has 16 rings (SSSR count). The van der Waals surface area contributed by atoms with E-state index in [9.17, 15) is 0 Å². The molecule has 2 aromatic heterocycles. The lowest BCUT2D eigenvalue weighted by atomic mass is 9.96. The molecule has 12 nitrogen and oxygen atoms in total. The van der Waals surface area contributed by atoms with Crippen LogP contribution in [0.15, 0.2) is 350 Å². The summed E-state index contributed by atoms with van der Waals surface area (Å²) in [7, 11) is 0. The van der Waals surface area contributed by atoms with Crippen LogP contribution in [-0.4, -0.2) is 43.7 Å². The molecule has 14 aromatic rings. The molecule has 0 saturated carbocycles. The summed E-state index contributed by atoms with van der Waals surface area (Å²) in [6.07, 6.45) is -1.15. The topological polar surface area (TPSA) is 113 Å². The highest BCUT2D eigenvalue weighted by Crippen LogP contribution is 2.42. The standard InChI is InChI=1S/C82H60N12/c1-9-25-61(26-10-1)91(62-27-11-2-12-28-62)69-49-41-57(42-50-69)73-74(58-43-51-70(52-44-58)92(63-29-13-3-14-30-63)64-31-15-4-16-32-64)84-78-77(83-73)87-81-82(88-78)90-80-79(89-81)85-75(59-45-53-71(54-46-59)93(65-33-17-5-18-34-65)66-35-19-6-20-36-66)76(86-80)60-47-55-72(56-48-60)94(67-37-21-7-22-38-67)68-39-23-8-24-40-68/h1-56,77-78H,(H,85,87,89)(H,86,88,90). The van der Waals surface area contributed by atoms with Gasteiger partial charge < -0.3 is 30.2 Å². The average molecular weight is 1210 g/mol. The van der Waals surface area contributed by atoms with Crippen LogP contribution in [0.25, 0.3) is 33.8 Å². The van der Waals surface area contributed by atoms with Gasteiger partial charge in [0.2, 0.25) is 11.3 Å². The quantitative estimate of drug-likeness (QED) is 0.0970. The Kier molecular flexibility index (Phi) is 15.1. The van der Waals surface area contributed by atoms with Gasteiger partial charge in [-0.2, -0.15) is 0 Å². The number of fused-ring (bicyclic) bond motifs is 3. The number of hydrogen-bond donors (Lipinski definition) is 2. The molecule has 0 bridgehead atoms. The highest BCUT2D eigenvalue weighted by Gasteiger charge is 2.35. The Hall–Kier alpha value is -12.8. The number of hydrogen-bond acceptors (Lipinski definition) is 12. The van der Waals surface area contributed by atoms with Crippen molar-refractivity contribution in [1.29, 1.82) is 0 Å². The third-order valence-electron chi connectivity index (χ3n) is 16.9. The smallest absolute Gasteiger partial charge is 0.200 e. The van der Waals surface area contributed by atoms with Crippen molar-refractivity contribution >= 4 is 103 Å². The zero-order valence-corrected chi connectivity index (χ0v) is 51.0. The van der Waals surface area contributed by atoms with E-state index in [2.05, 4.69) is 321 Å². The predicted octanol–water partition coefficient (Wildman–Crippen LogP) is 20.1. The molecule has 94 heavy (non-hydrogen) atoms. The number of rotatable bonds is 16. The fraction of sp³-hybridized carbons (Fsp3) is 0.0244. The van der Waals surface area contributed by atoms with Crippen LogP contribution in [0.1, 0.15) is 11.1 Å². The van der Waals surface area contributed by atoms with E-state index in [1.54, 1.807) is 0 Å². The molecule has 0 aliphatic carbocycles. The number of para-hydroxylation sites is 8. The van der Waals surface area contributed by atoms with E-state index in [-0.39, 0.29) is 0 Å². The zero-order chi connectivity index (χ0) is 62.6. The minimum atomic E-state index is -0.574. The van der Waals surface area contributed by atoms with Crippen LogP contribution in [0.5, 0.6) is 0 Å². The monoisotopic (exact) mass is 1210 g/mol. The highest BCUT2D eigenvalue weighted by molar-refractivity contribution is 6.54. The van der Waals surface area contributed by atoms with Crippen molar-refractivity contribution in [2.75, 3.05) is 30.2 Å². The molecule has 0 spiro atoms. The Bertz CT molecular complexity index is 4500. The van der Waals surface area contributed by atoms with Gasteiger partial charge in [-0.3, -0.25) is 9.98 Å². The molecule has 2 N–H and O–H groups in total. The van der Waals surface area contributed by atoms with Gasteiger partial charge in [0.25, 0.3) is 0 Å². The maximum Gasteiger partial charge on any atom is 0.200 e. The number of benzene rings is 12. The van der Waals surface area contributed by atoms with Gasteiger partial charge in [-0.05, 0) is 146 Å². The Morgan fingerprint density at radius 1 is 0.202 bits per heavy atom. The molecule has 2 atom stereocenters. The van der Waals surface area contributed by atoms with E-state index in [0.29, 0.717) is 34.3 Å². The lowest BCUT2D eigenvalue weighted by Crippen LogP contribution is -2.46. The number of anilines is 14. The molecule has 0 fully saturated rings. The van der Waals surface area contributed by atoms with Gasteiger partial charge in [-0.15, -0.1) is 0 Å². The fourth-order valence-corrected chi connectivity index (χ4v) is 12.4. The fourth-order valence-electron chi connectivity index (χ4n) is 12.4. The van der Waals surface area contributed by atoms with Gasteiger partial charge in [0, 0.05) is 90.5 Å². The first-order chi connectivity index (χ1) is 46.6. The molecule has 2 unspecified atom stereocenters. The van der Waals surface area contributed by atoms with E-state index in [4.69, 9.17) is 29.9 Å². The first-order valence-electron chi connectivity index (χ1n) is 31.4. The molecule has 12 heteroatoms. The van der Waals surface area contributed by atoms with Gasteiger partial charge in [0.1, 0.15) is 0 Å². The van der Waals surface area contributed by atoms with E-state index in [1.165, 1.54) is 0 Å². The lowest BCUT2D eigenvalue weighted by Gasteiger charge is -2.34. The number of aliphatic imine (C=N–C) groups is 2. The summed E-state index contributed by atoms with van der Waals surface area (Å²) in [5.74, 6) is 0.990. The van der Waals surface area contributed by atoms with Gasteiger partial charge in [-0.1, -0.05) is 194 Å². The lowest BCUT2D eigenvalue weighted by molar-refractivity contribution is 0.608. The summed E-state index contributed by atoms with van der Waals surface area (Å²) in [6.45, 7) is 0. The van der Waals surface area contributed by atoms with Crippen LogP contribution >= 0.6 is 0 Å². The minimum absolute atomic E-state index is 0.377. The molecule has 12 aromatic carbocycles. The number of nitrogens with zero attached hydrogens (tertiary/aromatic N) is 10. The third-order valence-corrected chi connectivity index (χ3v) is 16.9. The Labute approximate surface area is 545 Å². The van der Waals surface area contributed by atoms with Gasteiger partial charge >= 0.3 is 0 Å². The molecular weight excluding hydrogens is 1150 g/mol. The van der Waals surface area contributed by atoms with Crippen molar-refractivity contribution in [3.8, 4) is 22.5 Å². The van der Waals surface area contributed by atoms with Gasteiger partial charge in [0.05, 0.1) is 22.8 Å². The van der Waals surface area contributed by atoms with Crippen LogP contribution in [-0.2, 0) is 0 Å². The van der Waals surface area contributed by atoms with Crippen molar-refractivity contribution in [3.63, 3.8) is 0 Å². The van der Waals surface area contributed by atoms with Crippen LogP contribution in [0, 0.1) is 0 Å². The van der Waals surface area contributed by atoms with Crippen molar-refractivity contribution in [2.45, 2.75) is 12.3 Å². The Balaban J connectivity index is 0.797. The minimum Gasteiger partial charge on any atom is -0.342 e. The normalized spacial score (nSPS) is 13.8. The molecule has 0 radical (unpaired) electrons. The summed E-state index contributed by atoms with van der Waals surface area (Å²) < 4.78 is 0. The van der Waals surface area contributed by atoms with Gasteiger partial charge in [0.15, 0.2) is 24.0 Å². The second-order valence-electron chi connectivity index (χ2n) is 22.8. The summed E-state index contributed by atoms with van der Waals surface area (Å²) in [5.41, 5.74) is 19.5. The summed E-state index contributed by atoms with van der Waals surface area (Å²) >= 11 is 0. The third kappa shape index (κ3) is 11.3. The van der Waals surface area contributed by atoms with Crippen LogP contribution in [0.4, 0.5) is 79.9 Å². The van der Waals surface area contributed by atoms with E-state index in [0.717, 1.165) is 102 Å². The molecule has 0 saturated heterocycles. The van der Waals surface area contributed by atoms with Crippen molar-refractivity contribution in [1.82, 2.24) is 19.9 Å². The first kappa shape index (κ1) is 56.4. The molecule has 2 aliphatic heterocycles. The molecule has 4 heterocycles. The first-order valence-corrected chi connectivity index (χ1v) is 31.4.